The van der Waals surface area contributed by atoms with Gasteiger partial charge in [0.1, 0.15) is 48.8 Å². The van der Waals surface area contributed by atoms with Gasteiger partial charge in [0, 0.05) is 6.42 Å². The summed E-state index contributed by atoms with van der Waals surface area (Å²) in [6.45, 7) is 2.61. The van der Waals surface area contributed by atoms with Gasteiger partial charge in [-0.1, -0.05) is 189 Å². The summed E-state index contributed by atoms with van der Waals surface area (Å²) in [4.78, 5) is 13.2. The normalized spacial score (nSPS) is 25.9. The maximum absolute atomic E-state index is 13.2. The number of hydrogen-bond acceptors (Lipinski definition) is 13. The largest absolute Gasteiger partial charge is 0.394 e. The minimum atomic E-state index is -1.80. The number of carbonyl (C=O) groups is 1. The molecule has 1 amide bonds. The molecule has 0 spiro atoms. The molecule has 0 aromatic carbocycles. The molecule has 12 unspecified atom stereocenters. The van der Waals surface area contributed by atoms with E-state index in [1.54, 1.807) is 6.08 Å². The van der Waals surface area contributed by atoms with Gasteiger partial charge in [0.05, 0.1) is 32.0 Å². The van der Waals surface area contributed by atoms with Crippen molar-refractivity contribution in [1.29, 1.82) is 0 Å². The Morgan fingerprint density at radius 3 is 1.49 bits per heavy atom. The van der Waals surface area contributed by atoms with E-state index in [0.717, 1.165) is 64.2 Å². The van der Waals surface area contributed by atoms with Gasteiger partial charge in [-0.25, -0.2) is 0 Å². The second kappa shape index (κ2) is 45.2. The summed E-state index contributed by atoms with van der Waals surface area (Å²) in [5.41, 5.74) is 0. The fourth-order valence-electron chi connectivity index (χ4n) is 8.90. The lowest BCUT2D eigenvalue weighted by Crippen LogP contribution is -2.65. The number of ether oxygens (including phenoxy) is 4. The predicted molar refractivity (Wildman–Crippen MR) is 295 cm³/mol. The Morgan fingerprint density at radius 1 is 0.500 bits per heavy atom. The molecular weight excluding hydrogens is 943 g/mol. The lowest BCUT2D eigenvalue weighted by atomic mass is 9.97. The SMILES string of the molecule is CC/C=C\C/C=C\C/C=C\C/C=C\CCCCC(=O)NC(COC1OC(CO)C(OC2OC(CO)C(O)C(O)C2O)C(O)C1O)C(O)/C=C/CC/C=C/CC/C=C/CCCCCCCCCCCCCCCCC. The third-order valence-electron chi connectivity index (χ3n) is 13.5. The van der Waals surface area contributed by atoms with Crippen LogP contribution in [0.2, 0.25) is 0 Å². The van der Waals surface area contributed by atoms with Crippen molar-refractivity contribution in [1.82, 2.24) is 5.32 Å². The first kappa shape index (κ1) is 67.3. The van der Waals surface area contributed by atoms with Crippen LogP contribution in [0.25, 0.3) is 0 Å². The van der Waals surface area contributed by atoms with Crippen LogP contribution in [0.5, 0.6) is 0 Å². The summed E-state index contributed by atoms with van der Waals surface area (Å²) >= 11 is 0. The fraction of sp³-hybridized carbons (Fsp3) is 0.750. The van der Waals surface area contributed by atoms with Crippen LogP contribution in [-0.2, 0) is 23.7 Å². The molecule has 14 heteroatoms. The van der Waals surface area contributed by atoms with Gasteiger partial charge in [-0.3, -0.25) is 4.79 Å². The van der Waals surface area contributed by atoms with Crippen molar-refractivity contribution in [2.24, 2.45) is 0 Å². The second-order valence-corrected chi connectivity index (χ2v) is 20.0. The van der Waals surface area contributed by atoms with Crippen LogP contribution in [0.15, 0.2) is 85.1 Å². The third-order valence-corrected chi connectivity index (χ3v) is 13.5. The molecule has 2 aliphatic heterocycles. The van der Waals surface area contributed by atoms with E-state index in [1.807, 2.05) is 6.08 Å². The second-order valence-electron chi connectivity index (χ2n) is 20.0. The number of aliphatic hydroxyl groups is 8. The third kappa shape index (κ3) is 30.8. The monoisotopic (exact) mass is 1050 g/mol. The molecule has 12 atom stereocenters. The number of carbonyl (C=O) groups excluding carboxylic acids is 1. The lowest BCUT2D eigenvalue weighted by molar-refractivity contribution is -0.359. The molecule has 2 aliphatic rings. The van der Waals surface area contributed by atoms with Crippen LogP contribution < -0.4 is 5.32 Å². The Hall–Kier alpha value is -2.83. The Labute approximate surface area is 446 Å². The van der Waals surface area contributed by atoms with Gasteiger partial charge in [0.25, 0.3) is 0 Å². The number of allylic oxidation sites excluding steroid dienone is 13. The molecule has 74 heavy (non-hydrogen) atoms. The van der Waals surface area contributed by atoms with Gasteiger partial charge in [0.15, 0.2) is 12.6 Å². The molecule has 2 saturated heterocycles. The first-order valence-electron chi connectivity index (χ1n) is 28.8. The first-order valence-corrected chi connectivity index (χ1v) is 28.8. The Bertz CT molecular complexity index is 1560. The van der Waals surface area contributed by atoms with Crippen LogP contribution in [0.1, 0.15) is 194 Å². The lowest BCUT2D eigenvalue weighted by Gasteiger charge is -2.46. The number of unbranched alkanes of at least 4 members (excludes halogenated alkanes) is 19. The van der Waals surface area contributed by atoms with Crippen molar-refractivity contribution in [2.45, 2.75) is 267 Å². The number of nitrogens with one attached hydrogen (secondary N) is 1. The van der Waals surface area contributed by atoms with Gasteiger partial charge in [-0.15, -0.1) is 0 Å². The van der Waals surface area contributed by atoms with Gasteiger partial charge >= 0.3 is 0 Å². The molecule has 2 heterocycles. The number of hydrogen-bond donors (Lipinski definition) is 9. The minimum absolute atomic E-state index is 0.213. The van der Waals surface area contributed by atoms with Crippen LogP contribution in [-0.4, -0.2) is 140 Å². The van der Waals surface area contributed by atoms with Crippen LogP contribution in [0, 0.1) is 0 Å². The number of amides is 1. The van der Waals surface area contributed by atoms with Crippen LogP contribution in [0.3, 0.4) is 0 Å². The van der Waals surface area contributed by atoms with Crippen molar-refractivity contribution in [3.63, 3.8) is 0 Å². The van der Waals surface area contributed by atoms with Crippen molar-refractivity contribution < 1.29 is 64.6 Å². The highest BCUT2D eigenvalue weighted by Crippen LogP contribution is 2.30. The Kier molecular flexibility index (Phi) is 41.1. The quantitative estimate of drug-likeness (QED) is 0.0205. The molecule has 0 aliphatic carbocycles. The first-order chi connectivity index (χ1) is 36.1. The van der Waals surface area contributed by atoms with E-state index in [2.05, 4.69) is 92.1 Å². The summed E-state index contributed by atoms with van der Waals surface area (Å²) in [5.74, 6) is -0.297. The molecule has 0 aromatic rings. The zero-order valence-electron chi connectivity index (χ0n) is 45.6. The van der Waals surface area contributed by atoms with Gasteiger partial charge in [0.2, 0.25) is 5.91 Å². The summed E-state index contributed by atoms with van der Waals surface area (Å²) in [7, 11) is 0. The molecular formula is C60H103NO13. The highest BCUT2D eigenvalue weighted by Gasteiger charge is 2.51. The zero-order chi connectivity index (χ0) is 53.9. The predicted octanol–water partition coefficient (Wildman–Crippen LogP) is 9.33. The molecule has 9 N–H and O–H groups in total. The van der Waals surface area contributed by atoms with E-state index in [9.17, 15) is 45.6 Å². The van der Waals surface area contributed by atoms with Crippen molar-refractivity contribution >= 4 is 5.91 Å². The standard InChI is InChI=1S/C60H103NO13/c1-3-5-7-9-11-13-15-17-19-20-21-22-23-24-25-26-27-28-30-31-33-35-37-39-41-43-49(64)48(61-52(65)44-42-40-38-36-34-32-29-18-16-14-12-10-8-6-4-2)47-71-59-57(70)55(68)58(51(46-63)73-59)74-60-56(69)54(67)53(66)50(45-62)72-60/h6,8,12,14,18,27-29,33-36,41,43,48-51,53-60,62-64,66-70H,3-5,7,9-11,13,15-17,19-26,30-32,37-40,42,44-47H2,1-2H3,(H,61,65)/b8-6-,14-12-,28-27+,29-18-,35-33+,36-34-,43-41+. The molecule has 0 saturated carbocycles. The summed E-state index contributed by atoms with van der Waals surface area (Å²) < 4.78 is 22.7. The van der Waals surface area contributed by atoms with Gasteiger partial charge in [-0.05, 0) is 83.5 Å². The zero-order valence-corrected chi connectivity index (χ0v) is 45.6. The minimum Gasteiger partial charge on any atom is -0.394 e. The van der Waals surface area contributed by atoms with Crippen molar-refractivity contribution in [2.75, 3.05) is 19.8 Å². The Morgan fingerprint density at radius 2 is 0.946 bits per heavy atom. The van der Waals surface area contributed by atoms with Crippen molar-refractivity contribution in [3.05, 3.63) is 85.1 Å². The molecule has 14 nitrogen and oxygen atoms in total. The molecule has 0 bridgehead atoms. The van der Waals surface area contributed by atoms with E-state index in [-0.39, 0.29) is 18.9 Å². The molecule has 0 aromatic heterocycles. The summed E-state index contributed by atoms with van der Waals surface area (Å²) in [6, 6.07) is -0.964. The molecule has 2 fully saturated rings. The summed E-state index contributed by atoms with van der Waals surface area (Å²) in [5, 5.41) is 86.9. The average molecular weight is 1050 g/mol. The average Bonchev–Trinajstić information content (AvgIpc) is 3.40. The van der Waals surface area contributed by atoms with E-state index in [1.165, 1.54) is 96.3 Å². The molecule has 426 valence electrons. The topological polar surface area (TPSA) is 228 Å². The number of aliphatic hydroxyl groups excluding tert-OH is 8. The van der Waals surface area contributed by atoms with Gasteiger partial charge < -0.3 is 65.1 Å². The highest BCUT2D eigenvalue weighted by atomic mass is 16.7. The van der Waals surface area contributed by atoms with Crippen LogP contribution in [0.4, 0.5) is 0 Å². The molecule has 2 rings (SSSR count). The summed E-state index contributed by atoms with van der Waals surface area (Å²) in [6.07, 6.45) is 43.5. The Balaban J connectivity index is 1.81. The maximum atomic E-state index is 13.2. The smallest absolute Gasteiger partial charge is 0.220 e. The maximum Gasteiger partial charge on any atom is 0.220 e. The van der Waals surface area contributed by atoms with Gasteiger partial charge in [-0.2, -0.15) is 0 Å². The van der Waals surface area contributed by atoms with Crippen molar-refractivity contribution in [3.8, 4) is 0 Å². The van der Waals surface area contributed by atoms with E-state index >= 15 is 0 Å². The van der Waals surface area contributed by atoms with E-state index in [4.69, 9.17) is 18.9 Å². The van der Waals surface area contributed by atoms with Crippen LogP contribution >= 0.6 is 0 Å². The van der Waals surface area contributed by atoms with E-state index < -0.39 is 86.8 Å². The fourth-order valence-corrected chi connectivity index (χ4v) is 8.90. The number of rotatable bonds is 44. The molecule has 0 radical (unpaired) electrons. The highest BCUT2D eigenvalue weighted by molar-refractivity contribution is 5.76. The van der Waals surface area contributed by atoms with E-state index in [0.29, 0.717) is 12.8 Å².